The van der Waals surface area contributed by atoms with Gasteiger partial charge in [0, 0.05) is 15.4 Å². The summed E-state index contributed by atoms with van der Waals surface area (Å²) in [6.07, 6.45) is 0. The fraction of sp³-hybridized carbons (Fsp3) is 0. The summed E-state index contributed by atoms with van der Waals surface area (Å²) in [6.45, 7) is 0. The van der Waals surface area contributed by atoms with E-state index in [1.165, 1.54) is 0 Å². The Labute approximate surface area is 176 Å². The second-order valence-electron chi connectivity index (χ2n) is 6.68. The molecular weight excluding hydrogens is 428 g/mol. The minimum atomic E-state index is -0.200. The maximum Gasteiger partial charge on any atom is 0.275 e. The van der Waals surface area contributed by atoms with Crippen LogP contribution in [-0.2, 0) is 4.79 Å². The van der Waals surface area contributed by atoms with Crippen LogP contribution in [0.4, 0.5) is 11.4 Å². The number of anilines is 1. The highest BCUT2D eigenvalue weighted by Crippen LogP contribution is 2.32. The summed E-state index contributed by atoms with van der Waals surface area (Å²) in [5.41, 5.74) is 2.66. The third-order valence-corrected chi connectivity index (χ3v) is 5.25. The van der Waals surface area contributed by atoms with E-state index in [1.54, 1.807) is 0 Å². The highest BCUT2D eigenvalue weighted by atomic mass is 79.9. The smallest absolute Gasteiger partial charge is 0.275 e. The summed E-state index contributed by atoms with van der Waals surface area (Å²) in [6, 6.07) is 27.1. The van der Waals surface area contributed by atoms with Crippen molar-refractivity contribution in [2.75, 3.05) is 5.32 Å². The van der Waals surface area contributed by atoms with Crippen LogP contribution in [0.5, 0.6) is 11.5 Å². The van der Waals surface area contributed by atoms with Crippen molar-refractivity contribution in [2.45, 2.75) is 0 Å². The molecule has 4 aromatic carbocycles. The van der Waals surface area contributed by atoms with E-state index in [1.807, 2.05) is 72.8 Å². The number of carbonyl (C=O) groups is 1. The molecule has 0 fully saturated rings. The maximum absolute atomic E-state index is 12.3. The fourth-order valence-corrected chi connectivity index (χ4v) is 3.73. The highest BCUT2D eigenvalue weighted by molar-refractivity contribution is 9.10. The minimum absolute atomic E-state index is 0.200. The summed E-state index contributed by atoms with van der Waals surface area (Å²) < 4.78 is 6.98. The standard InChI is InChI=1S/C24H15BrN2O2/c25-16-8-13-21-20(14-16)23(24(28)27-21)26-17-9-11-18(12-10-17)29-22-7-3-5-15-4-1-2-6-19(15)22/h1-14H,(H,26,27,28). The molecule has 4 nitrogen and oxygen atoms in total. The Balaban J connectivity index is 1.43. The lowest BCUT2D eigenvalue weighted by Crippen LogP contribution is -2.13. The average Bonchev–Trinajstić information content (AvgIpc) is 3.04. The van der Waals surface area contributed by atoms with Gasteiger partial charge in [0.2, 0.25) is 0 Å². The SMILES string of the molecule is O=C1Nc2ccc(Br)cc2C1=Nc1ccc(Oc2cccc3ccccc23)cc1. The number of fused-ring (bicyclic) bond motifs is 2. The zero-order valence-electron chi connectivity index (χ0n) is 15.2. The molecule has 0 spiro atoms. The molecule has 1 aliphatic heterocycles. The monoisotopic (exact) mass is 442 g/mol. The van der Waals surface area contributed by atoms with E-state index >= 15 is 0 Å². The first-order valence-corrected chi connectivity index (χ1v) is 9.92. The van der Waals surface area contributed by atoms with Crippen LogP contribution < -0.4 is 10.1 Å². The topological polar surface area (TPSA) is 50.7 Å². The molecule has 0 saturated heterocycles. The molecular formula is C24H15BrN2O2. The summed E-state index contributed by atoms with van der Waals surface area (Å²) >= 11 is 3.45. The van der Waals surface area contributed by atoms with Crippen LogP contribution in [0.2, 0.25) is 0 Å². The number of ether oxygens (including phenoxy) is 1. The van der Waals surface area contributed by atoms with E-state index in [0.29, 0.717) is 17.1 Å². The number of carbonyl (C=O) groups excluding carboxylic acids is 1. The van der Waals surface area contributed by atoms with E-state index in [9.17, 15) is 4.79 Å². The van der Waals surface area contributed by atoms with Crippen molar-refractivity contribution >= 4 is 49.7 Å². The largest absolute Gasteiger partial charge is 0.457 e. The lowest BCUT2D eigenvalue weighted by atomic mass is 10.1. The van der Waals surface area contributed by atoms with E-state index < -0.39 is 0 Å². The molecule has 5 rings (SSSR count). The van der Waals surface area contributed by atoms with Gasteiger partial charge < -0.3 is 10.1 Å². The number of rotatable bonds is 3. The number of hydrogen-bond acceptors (Lipinski definition) is 3. The van der Waals surface area contributed by atoms with E-state index in [4.69, 9.17) is 4.74 Å². The Bertz CT molecular complexity index is 1270. The van der Waals surface area contributed by atoms with Crippen molar-refractivity contribution in [1.82, 2.24) is 0 Å². The Morgan fingerprint density at radius 3 is 2.52 bits per heavy atom. The Morgan fingerprint density at radius 2 is 1.66 bits per heavy atom. The molecule has 1 aliphatic rings. The Kier molecular flexibility index (Phi) is 4.37. The number of hydrogen-bond donors (Lipinski definition) is 1. The first kappa shape index (κ1) is 17.6. The fourth-order valence-electron chi connectivity index (χ4n) is 3.37. The summed E-state index contributed by atoms with van der Waals surface area (Å²) in [4.78, 5) is 16.8. The van der Waals surface area contributed by atoms with Crippen LogP contribution in [0, 0.1) is 0 Å². The molecule has 0 atom stereocenters. The second-order valence-corrected chi connectivity index (χ2v) is 7.59. The summed E-state index contributed by atoms with van der Waals surface area (Å²) in [5.74, 6) is 1.31. The van der Waals surface area contributed by atoms with Gasteiger partial charge in [-0.15, -0.1) is 0 Å². The molecule has 0 bridgehead atoms. The van der Waals surface area contributed by atoms with Crippen molar-refractivity contribution in [1.29, 1.82) is 0 Å². The number of benzene rings is 4. The molecule has 0 aliphatic carbocycles. The third kappa shape index (κ3) is 3.41. The van der Waals surface area contributed by atoms with Gasteiger partial charge in [-0.2, -0.15) is 0 Å². The van der Waals surface area contributed by atoms with Crippen LogP contribution in [0.3, 0.4) is 0 Å². The average molecular weight is 443 g/mol. The molecule has 0 aromatic heterocycles. The van der Waals surface area contributed by atoms with Gasteiger partial charge in [0.1, 0.15) is 17.2 Å². The van der Waals surface area contributed by atoms with Crippen molar-refractivity contribution in [2.24, 2.45) is 4.99 Å². The van der Waals surface area contributed by atoms with Gasteiger partial charge in [-0.05, 0) is 53.9 Å². The van der Waals surface area contributed by atoms with Crippen molar-refractivity contribution < 1.29 is 9.53 Å². The molecule has 0 saturated carbocycles. The first-order chi connectivity index (χ1) is 14.2. The van der Waals surface area contributed by atoms with Crippen molar-refractivity contribution in [3.63, 3.8) is 0 Å². The lowest BCUT2D eigenvalue weighted by Gasteiger charge is -2.09. The van der Waals surface area contributed by atoms with Crippen molar-refractivity contribution in [3.8, 4) is 11.5 Å². The lowest BCUT2D eigenvalue weighted by molar-refractivity contribution is -0.110. The van der Waals surface area contributed by atoms with Gasteiger partial charge >= 0.3 is 0 Å². The zero-order chi connectivity index (χ0) is 19.8. The third-order valence-electron chi connectivity index (χ3n) is 4.76. The van der Waals surface area contributed by atoms with Gasteiger partial charge in [-0.25, -0.2) is 4.99 Å². The highest BCUT2D eigenvalue weighted by Gasteiger charge is 2.26. The number of nitrogens with one attached hydrogen (secondary N) is 1. The molecule has 0 unspecified atom stereocenters. The minimum Gasteiger partial charge on any atom is -0.457 e. The summed E-state index contributed by atoms with van der Waals surface area (Å²) in [5, 5.41) is 5.03. The van der Waals surface area contributed by atoms with Gasteiger partial charge in [0.05, 0.1) is 11.4 Å². The molecule has 0 radical (unpaired) electrons. The predicted octanol–water partition coefficient (Wildman–Crippen LogP) is 6.47. The molecule has 5 heteroatoms. The predicted molar refractivity (Wildman–Crippen MR) is 119 cm³/mol. The molecule has 1 amide bonds. The van der Waals surface area contributed by atoms with E-state index in [2.05, 4.69) is 38.4 Å². The molecule has 4 aromatic rings. The van der Waals surface area contributed by atoms with E-state index in [-0.39, 0.29) is 5.91 Å². The zero-order valence-corrected chi connectivity index (χ0v) is 16.8. The van der Waals surface area contributed by atoms with Crippen LogP contribution in [0.1, 0.15) is 5.56 Å². The first-order valence-electron chi connectivity index (χ1n) is 9.13. The van der Waals surface area contributed by atoms with Crippen LogP contribution in [0.25, 0.3) is 10.8 Å². The number of aliphatic imine (C=N–C) groups is 1. The van der Waals surface area contributed by atoms with Crippen molar-refractivity contribution in [3.05, 3.63) is 95.0 Å². The van der Waals surface area contributed by atoms with Crippen LogP contribution in [-0.4, -0.2) is 11.6 Å². The van der Waals surface area contributed by atoms with Gasteiger partial charge in [0.15, 0.2) is 0 Å². The molecule has 140 valence electrons. The second kappa shape index (κ2) is 7.18. The molecule has 29 heavy (non-hydrogen) atoms. The van der Waals surface area contributed by atoms with Gasteiger partial charge in [0.25, 0.3) is 5.91 Å². The number of halogens is 1. The van der Waals surface area contributed by atoms with Crippen LogP contribution >= 0.6 is 15.9 Å². The van der Waals surface area contributed by atoms with Gasteiger partial charge in [-0.3, -0.25) is 4.79 Å². The number of nitrogens with zero attached hydrogens (tertiary/aromatic N) is 1. The summed E-state index contributed by atoms with van der Waals surface area (Å²) in [7, 11) is 0. The normalized spacial score (nSPS) is 14.1. The number of amides is 1. The van der Waals surface area contributed by atoms with E-state index in [0.717, 1.165) is 32.2 Å². The maximum atomic E-state index is 12.3. The molecule has 1 heterocycles. The molecule has 1 N–H and O–H groups in total. The Hall–Kier alpha value is -3.44. The Morgan fingerprint density at radius 1 is 0.862 bits per heavy atom. The quantitative estimate of drug-likeness (QED) is 0.395. The van der Waals surface area contributed by atoms with Gasteiger partial charge in [-0.1, -0.05) is 52.3 Å². The van der Waals surface area contributed by atoms with Crippen LogP contribution in [0.15, 0.2) is 94.4 Å².